The highest BCUT2D eigenvalue weighted by molar-refractivity contribution is 5.93. The zero-order valence-corrected chi connectivity index (χ0v) is 15.3. The second-order valence-electron chi connectivity index (χ2n) is 6.35. The number of fused-ring (bicyclic) bond motifs is 1. The lowest BCUT2D eigenvalue weighted by atomic mass is 10.0. The third-order valence-corrected chi connectivity index (χ3v) is 4.47. The van der Waals surface area contributed by atoms with Crippen molar-refractivity contribution in [2.45, 2.75) is 6.42 Å². The third-order valence-electron chi connectivity index (χ3n) is 4.47. The summed E-state index contributed by atoms with van der Waals surface area (Å²) in [5.41, 5.74) is 10.7. The number of carbonyl (C=O) groups is 1. The van der Waals surface area contributed by atoms with Gasteiger partial charge in [-0.15, -0.1) is 0 Å². The number of hydrogen-bond acceptors (Lipinski definition) is 6. The second kappa shape index (κ2) is 7.44. The van der Waals surface area contributed by atoms with E-state index in [1.54, 1.807) is 18.5 Å². The highest BCUT2D eigenvalue weighted by atomic mass is 16.5. The van der Waals surface area contributed by atoms with Crippen LogP contribution in [-0.2, 0) is 11.2 Å². The number of methoxy groups -OCH3 is 1. The Morgan fingerprint density at radius 1 is 1.07 bits per heavy atom. The van der Waals surface area contributed by atoms with Crippen molar-refractivity contribution in [1.29, 1.82) is 0 Å². The summed E-state index contributed by atoms with van der Waals surface area (Å²) < 4.78 is 4.82. The number of aromatic nitrogens is 3. The topological polar surface area (TPSA) is 91.0 Å². The molecule has 2 N–H and O–H groups in total. The number of pyridine rings is 1. The average molecular weight is 370 g/mol. The predicted molar refractivity (Wildman–Crippen MR) is 108 cm³/mol. The van der Waals surface area contributed by atoms with Crippen LogP contribution in [0.2, 0.25) is 0 Å². The molecule has 0 atom stereocenters. The fraction of sp³-hybridized carbons (Fsp3) is 0.0909. The zero-order valence-electron chi connectivity index (χ0n) is 15.3. The number of nitrogens with two attached hydrogens (primary N) is 1. The molecule has 6 nitrogen and oxygen atoms in total. The molecule has 0 saturated heterocycles. The fourth-order valence-corrected chi connectivity index (χ4v) is 3.16. The molecular weight excluding hydrogens is 352 g/mol. The molecule has 0 aliphatic carbocycles. The van der Waals surface area contributed by atoms with Crippen molar-refractivity contribution in [2.24, 2.45) is 0 Å². The molecule has 4 aromatic rings. The lowest BCUT2D eigenvalue weighted by Gasteiger charge is -2.11. The first-order chi connectivity index (χ1) is 13.7. The Morgan fingerprint density at radius 3 is 2.71 bits per heavy atom. The Bertz CT molecular complexity index is 1160. The molecular formula is C22H18N4O2. The van der Waals surface area contributed by atoms with Gasteiger partial charge in [-0.05, 0) is 42.0 Å². The lowest BCUT2D eigenvalue weighted by molar-refractivity contribution is 0.0600. The Labute approximate surface area is 162 Å². The first kappa shape index (κ1) is 17.6. The summed E-state index contributed by atoms with van der Waals surface area (Å²) in [6, 6.07) is 16.7. The summed E-state index contributed by atoms with van der Waals surface area (Å²) in [4.78, 5) is 25.4. The Balaban J connectivity index is 1.85. The molecule has 138 valence electrons. The number of benzene rings is 2. The molecule has 2 heterocycles. The van der Waals surface area contributed by atoms with E-state index < -0.39 is 0 Å². The molecule has 0 aliphatic heterocycles. The molecule has 2 aromatic carbocycles. The van der Waals surface area contributed by atoms with Crippen LogP contribution in [-0.4, -0.2) is 28.0 Å². The van der Waals surface area contributed by atoms with Crippen LogP contribution in [0.5, 0.6) is 0 Å². The summed E-state index contributed by atoms with van der Waals surface area (Å²) >= 11 is 0. The maximum atomic E-state index is 11.8. The first-order valence-corrected chi connectivity index (χ1v) is 8.78. The molecule has 0 saturated carbocycles. The molecule has 0 bridgehead atoms. The monoisotopic (exact) mass is 370 g/mol. The van der Waals surface area contributed by atoms with Crippen LogP contribution in [0.25, 0.3) is 22.3 Å². The lowest BCUT2D eigenvalue weighted by Crippen LogP contribution is -2.04. The van der Waals surface area contributed by atoms with Crippen molar-refractivity contribution < 1.29 is 9.53 Å². The molecule has 0 spiro atoms. The van der Waals surface area contributed by atoms with Crippen molar-refractivity contribution in [1.82, 2.24) is 15.0 Å². The Kier molecular flexibility index (Phi) is 4.68. The van der Waals surface area contributed by atoms with E-state index in [-0.39, 0.29) is 5.97 Å². The summed E-state index contributed by atoms with van der Waals surface area (Å²) in [6.45, 7) is 0. The van der Waals surface area contributed by atoms with Crippen LogP contribution in [0.4, 0.5) is 5.69 Å². The number of nitrogen functional groups attached to an aromatic ring is 1. The van der Waals surface area contributed by atoms with Crippen LogP contribution >= 0.6 is 0 Å². The molecule has 6 heteroatoms. The van der Waals surface area contributed by atoms with Crippen molar-refractivity contribution in [2.75, 3.05) is 12.8 Å². The van der Waals surface area contributed by atoms with Crippen LogP contribution in [0.3, 0.4) is 0 Å². The van der Waals surface area contributed by atoms with E-state index in [0.717, 1.165) is 27.7 Å². The van der Waals surface area contributed by atoms with Gasteiger partial charge < -0.3 is 10.5 Å². The highest BCUT2D eigenvalue weighted by Gasteiger charge is 2.14. The van der Waals surface area contributed by atoms with E-state index in [1.807, 2.05) is 48.5 Å². The van der Waals surface area contributed by atoms with Crippen LogP contribution in [0, 0.1) is 0 Å². The first-order valence-electron chi connectivity index (χ1n) is 8.78. The van der Waals surface area contributed by atoms with E-state index in [1.165, 1.54) is 7.11 Å². The van der Waals surface area contributed by atoms with Crippen LogP contribution in [0.15, 0.2) is 67.0 Å². The predicted octanol–water partition coefficient (Wildman–Crippen LogP) is 3.65. The van der Waals surface area contributed by atoms with Gasteiger partial charge in [-0.2, -0.15) is 0 Å². The van der Waals surface area contributed by atoms with Crippen molar-refractivity contribution >= 4 is 22.6 Å². The van der Waals surface area contributed by atoms with Gasteiger partial charge in [0.05, 0.1) is 23.9 Å². The summed E-state index contributed by atoms with van der Waals surface area (Å²) in [5.74, 6) is 0.218. The number of nitrogens with zero attached hydrogens (tertiary/aromatic N) is 3. The van der Waals surface area contributed by atoms with Gasteiger partial charge in [0, 0.05) is 35.5 Å². The van der Waals surface area contributed by atoms with Gasteiger partial charge in [0.25, 0.3) is 0 Å². The van der Waals surface area contributed by atoms with Gasteiger partial charge in [0.15, 0.2) is 5.82 Å². The van der Waals surface area contributed by atoms with Crippen LogP contribution in [0.1, 0.15) is 21.6 Å². The Morgan fingerprint density at radius 2 is 1.93 bits per heavy atom. The molecule has 28 heavy (non-hydrogen) atoms. The van der Waals surface area contributed by atoms with E-state index >= 15 is 0 Å². The van der Waals surface area contributed by atoms with Crippen molar-refractivity contribution in [3.05, 3.63) is 83.8 Å². The number of hydrogen-bond donors (Lipinski definition) is 1. The van der Waals surface area contributed by atoms with E-state index in [9.17, 15) is 4.79 Å². The summed E-state index contributed by atoms with van der Waals surface area (Å²) in [6.07, 6.45) is 3.95. The summed E-state index contributed by atoms with van der Waals surface area (Å²) in [5, 5.41) is 0.818. The van der Waals surface area contributed by atoms with Gasteiger partial charge in [0.2, 0.25) is 0 Å². The molecule has 0 unspecified atom stereocenters. The largest absolute Gasteiger partial charge is 0.465 e. The third kappa shape index (κ3) is 3.40. The molecule has 0 fully saturated rings. The van der Waals surface area contributed by atoms with E-state index in [4.69, 9.17) is 15.5 Å². The number of rotatable bonds is 4. The normalized spacial score (nSPS) is 10.8. The molecule has 4 rings (SSSR count). The quantitative estimate of drug-likeness (QED) is 0.435. The average Bonchev–Trinajstić information content (AvgIpc) is 2.74. The number of ether oxygens (including phenoxy) is 1. The van der Waals surface area contributed by atoms with Crippen molar-refractivity contribution in [3.63, 3.8) is 0 Å². The van der Waals surface area contributed by atoms with Gasteiger partial charge in [-0.25, -0.2) is 14.8 Å². The Hall–Kier alpha value is -3.80. The molecule has 0 radical (unpaired) electrons. The zero-order chi connectivity index (χ0) is 19.5. The maximum absolute atomic E-state index is 11.8. The summed E-state index contributed by atoms with van der Waals surface area (Å²) in [7, 11) is 1.37. The molecule has 0 amide bonds. The van der Waals surface area contributed by atoms with E-state index in [0.29, 0.717) is 23.5 Å². The fourth-order valence-electron chi connectivity index (χ4n) is 3.16. The minimum atomic E-state index is -0.370. The van der Waals surface area contributed by atoms with Gasteiger partial charge in [0.1, 0.15) is 0 Å². The SMILES string of the molecule is COC(=O)c1cccc(Cc2nc(-c3cccnc3)nc3cccc(N)c23)c1. The smallest absolute Gasteiger partial charge is 0.337 e. The maximum Gasteiger partial charge on any atom is 0.337 e. The van der Waals surface area contributed by atoms with Gasteiger partial charge >= 0.3 is 5.97 Å². The van der Waals surface area contributed by atoms with Gasteiger partial charge in [-0.1, -0.05) is 18.2 Å². The highest BCUT2D eigenvalue weighted by Crippen LogP contribution is 2.27. The van der Waals surface area contributed by atoms with E-state index in [2.05, 4.69) is 9.97 Å². The minimum absolute atomic E-state index is 0.370. The van der Waals surface area contributed by atoms with Crippen LogP contribution < -0.4 is 5.73 Å². The minimum Gasteiger partial charge on any atom is -0.465 e. The molecule has 0 aliphatic rings. The van der Waals surface area contributed by atoms with Gasteiger partial charge in [-0.3, -0.25) is 4.98 Å². The van der Waals surface area contributed by atoms with Crippen molar-refractivity contribution in [3.8, 4) is 11.4 Å². The molecule has 2 aromatic heterocycles. The number of esters is 1. The standard InChI is InChI=1S/C22H18N4O2/c1-28-22(27)15-6-2-5-14(11-15)12-19-20-17(23)8-3-9-18(20)25-21(26-19)16-7-4-10-24-13-16/h2-11,13H,12,23H2,1H3. The number of anilines is 1. The second-order valence-corrected chi connectivity index (χ2v) is 6.35. The number of carbonyl (C=O) groups excluding carboxylic acids is 1.